The van der Waals surface area contributed by atoms with Crippen molar-refractivity contribution in [3.63, 3.8) is 0 Å². The van der Waals surface area contributed by atoms with Crippen LogP contribution in [0.2, 0.25) is 10.0 Å². The van der Waals surface area contributed by atoms with Crippen LogP contribution in [0.25, 0.3) is 5.65 Å². The van der Waals surface area contributed by atoms with Gasteiger partial charge in [-0.25, -0.2) is 0 Å². The van der Waals surface area contributed by atoms with Gasteiger partial charge in [-0.05, 0) is 31.7 Å². The Balaban J connectivity index is 1.75. The molecule has 0 aromatic carbocycles. The van der Waals surface area contributed by atoms with Crippen LogP contribution in [-0.2, 0) is 4.79 Å². The summed E-state index contributed by atoms with van der Waals surface area (Å²) in [6.07, 6.45) is 3.86. The number of nitrogens with zero attached hydrogens (tertiary/aromatic N) is 4. The maximum absolute atomic E-state index is 12.6. The minimum absolute atomic E-state index is 0.145. The first-order valence-electron chi connectivity index (χ1n) is 7.61. The number of likely N-dealkylation sites (tertiary alicyclic amines) is 1. The van der Waals surface area contributed by atoms with Crippen molar-refractivity contribution >= 4 is 46.5 Å². The number of aromatic nitrogens is 3. The van der Waals surface area contributed by atoms with Crippen LogP contribution in [-0.4, -0.2) is 43.7 Å². The Morgan fingerprint density at radius 1 is 1.35 bits per heavy atom. The van der Waals surface area contributed by atoms with E-state index < -0.39 is 0 Å². The zero-order chi connectivity index (χ0) is 16.6. The third kappa shape index (κ3) is 3.59. The molecule has 0 unspecified atom stereocenters. The largest absolute Gasteiger partial charge is 0.342 e. The number of rotatable bonds is 3. The van der Waals surface area contributed by atoms with E-state index in [1.165, 1.54) is 11.8 Å². The molecule has 1 aliphatic rings. The van der Waals surface area contributed by atoms with Crippen molar-refractivity contribution in [3.05, 3.63) is 22.3 Å². The number of halogens is 2. The number of carbonyl (C=O) groups excluding carboxylic acids is 1. The highest BCUT2D eigenvalue weighted by molar-refractivity contribution is 8.00. The molecule has 0 aliphatic carbocycles. The Labute approximate surface area is 149 Å². The van der Waals surface area contributed by atoms with Gasteiger partial charge in [-0.2, -0.15) is 0 Å². The normalized spacial score (nSPS) is 17.7. The molecule has 8 heteroatoms. The number of fused-ring (bicyclic) bond motifs is 1. The summed E-state index contributed by atoms with van der Waals surface area (Å²) in [4.78, 5) is 14.5. The third-order valence-electron chi connectivity index (χ3n) is 4.12. The molecule has 0 radical (unpaired) electrons. The van der Waals surface area contributed by atoms with Crippen molar-refractivity contribution in [3.8, 4) is 0 Å². The molecule has 1 saturated heterocycles. The number of hydrogen-bond donors (Lipinski definition) is 0. The van der Waals surface area contributed by atoms with Gasteiger partial charge in [-0.15, -0.1) is 10.2 Å². The molecule has 2 aromatic rings. The number of thioether (sulfide) groups is 1. The molecule has 5 nitrogen and oxygen atoms in total. The smallest absolute Gasteiger partial charge is 0.235 e. The van der Waals surface area contributed by atoms with Crippen molar-refractivity contribution < 1.29 is 4.79 Å². The lowest BCUT2D eigenvalue weighted by molar-refractivity contribution is -0.131. The number of carbonyl (C=O) groups is 1. The second kappa shape index (κ2) is 6.87. The summed E-state index contributed by atoms with van der Waals surface area (Å²) in [5.41, 5.74) is 0.546. The van der Waals surface area contributed by atoms with Gasteiger partial charge in [0.1, 0.15) is 0 Å². The van der Waals surface area contributed by atoms with Gasteiger partial charge in [0, 0.05) is 19.3 Å². The molecule has 1 fully saturated rings. The summed E-state index contributed by atoms with van der Waals surface area (Å²) in [5.74, 6) is 0.846. The highest BCUT2D eigenvalue weighted by Crippen LogP contribution is 2.28. The van der Waals surface area contributed by atoms with E-state index in [1.54, 1.807) is 16.7 Å². The minimum Gasteiger partial charge on any atom is -0.342 e. The van der Waals surface area contributed by atoms with E-state index in [-0.39, 0.29) is 11.2 Å². The number of amides is 1. The quantitative estimate of drug-likeness (QED) is 0.769. The molecule has 124 valence electrons. The summed E-state index contributed by atoms with van der Waals surface area (Å²) >= 11 is 13.5. The van der Waals surface area contributed by atoms with Gasteiger partial charge in [-0.1, -0.05) is 41.9 Å². The van der Waals surface area contributed by atoms with Crippen LogP contribution < -0.4 is 0 Å². The van der Waals surface area contributed by atoms with Crippen LogP contribution in [0, 0.1) is 5.92 Å². The molecule has 1 amide bonds. The molecular formula is C15H18Cl2N4OS. The fraction of sp³-hybridized carbons (Fsp3) is 0.533. The van der Waals surface area contributed by atoms with E-state index in [2.05, 4.69) is 17.1 Å². The molecule has 0 spiro atoms. The van der Waals surface area contributed by atoms with Gasteiger partial charge >= 0.3 is 0 Å². The molecule has 0 bridgehead atoms. The standard InChI is InChI=1S/C15H18Cl2N4OS/c1-9-3-5-20(6-4-9)14(22)10(2)23-15-19-18-13-12(17)7-11(16)8-21(13)15/h7-10H,3-6H2,1-2H3/t10-/m0/s1. The Bertz CT molecular complexity index is 728. The maximum atomic E-state index is 12.6. The maximum Gasteiger partial charge on any atom is 0.235 e. The third-order valence-corrected chi connectivity index (χ3v) is 5.65. The molecule has 1 atom stereocenters. The van der Waals surface area contributed by atoms with Crippen molar-refractivity contribution in [2.75, 3.05) is 13.1 Å². The van der Waals surface area contributed by atoms with Crippen LogP contribution in [0.5, 0.6) is 0 Å². The van der Waals surface area contributed by atoms with Gasteiger partial charge in [0.2, 0.25) is 5.91 Å². The van der Waals surface area contributed by atoms with Crippen LogP contribution in [0.4, 0.5) is 0 Å². The second-order valence-electron chi connectivity index (χ2n) is 5.95. The van der Waals surface area contributed by atoms with Gasteiger partial charge in [0.15, 0.2) is 10.8 Å². The first-order valence-corrected chi connectivity index (χ1v) is 9.24. The van der Waals surface area contributed by atoms with Crippen LogP contribution >= 0.6 is 35.0 Å². The molecule has 3 rings (SSSR count). The van der Waals surface area contributed by atoms with E-state index in [0.29, 0.717) is 26.8 Å². The summed E-state index contributed by atoms with van der Waals surface area (Å²) in [7, 11) is 0. The molecule has 1 aliphatic heterocycles. The van der Waals surface area contributed by atoms with Gasteiger partial charge in [0.25, 0.3) is 0 Å². The zero-order valence-electron chi connectivity index (χ0n) is 13.0. The lowest BCUT2D eigenvalue weighted by Crippen LogP contribution is -2.41. The highest BCUT2D eigenvalue weighted by Gasteiger charge is 2.26. The van der Waals surface area contributed by atoms with E-state index in [4.69, 9.17) is 23.2 Å². The lowest BCUT2D eigenvalue weighted by atomic mass is 9.99. The first kappa shape index (κ1) is 16.9. The highest BCUT2D eigenvalue weighted by atomic mass is 35.5. The zero-order valence-corrected chi connectivity index (χ0v) is 15.3. The summed E-state index contributed by atoms with van der Waals surface area (Å²) < 4.78 is 1.73. The molecule has 3 heterocycles. The number of hydrogen-bond acceptors (Lipinski definition) is 4. The van der Waals surface area contributed by atoms with Gasteiger partial charge in [0.05, 0.1) is 15.3 Å². The van der Waals surface area contributed by atoms with Gasteiger partial charge < -0.3 is 4.90 Å². The van der Waals surface area contributed by atoms with Crippen LogP contribution in [0.3, 0.4) is 0 Å². The first-order chi connectivity index (χ1) is 11.0. The van der Waals surface area contributed by atoms with Crippen molar-refractivity contribution in [1.29, 1.82) is 0 Å². The molecule has 0 saturated carbocycles. The SMILES string of the molecule is CC1CCN(C(=O)[C@H](C)Sc2nnc3c(Cl)cc(Cl)cn23)CC1. The Kier molecular flexibility index (Phi) is 5.04. The average molecular weight is 373 g/mol. The fourth-order valence-electron chi connectivity index (χ4n) is 2.68. The average Bonchev–Trinajstić information content (AvgIpc) is 2.90. The second-order valence-corrected chi connectivity index (χ2v) is 8.10. The fourth-order valence-corrected chi connectivity index (χ4v) is 4.09. The van der Waals surface area contributed by atoms with Crippen LogP contribution in [0.1, 0.15) is 26.7 Å². The van der Waals surface area contributed by atoms with E-state index >= 15 is 0 Å². The van der Waals surface area contributed by atoms with E-state index in [1.807, 2.05) is 11.8 Å². The molecule has 23 heavy (non-hydrogen) atoms. The number of piperidine rings is 1. The summed E-state index contributed by atoms with van der Waals surface area (Å²) in [6.45, 7) is 5.81. The van der Waals surface area contributed by atoms with E-state index in [0.717, 1.165) is 25.9 Å². The summed E-state index contributed by atoms with van der Waals surface area (Å²) in [6, 6.07) is 1.63. The monoisotopic (exact) mass is 372 g/mol. The Hall–Kier alpha value is -0.980. The summed E-state index contributed by atoms with van der Waals surface area (Å²) in [5, 5.41) is 9.56. The molecule has 0 N–H and O–H groups in total. The predicted octanol–water partition coefficient (Wildman–Crippen LogP) is 3.78. The minimum atomic E-state index is -0.228. The Morgan fingerprint density at radius 3 is 2.74 bits per heavy atom. The van der Waals surface area contributed by atoms with Gasteiger partial charge in [-0.3, -0.25) is 9.20 Å². The van der Waals surface area contributed by atoms with E-state index in [9.17, 15) is 4.79 Å². The van der Waals surface area contributed by atoms with Crippen molar-refractivity contribution in [2.24, 2.45) is 5.92 Å². The topological polar surface area (TPSA) is 50.5 Å². The van der Waals surface area contributed by atoms with Crippen LogP contribution in [0.15, 0.2) is 17.4 Å². The lowest BCUT2D eigenvalue weighted by Gasteiger charge is -2.31. The number of pyridine rings is 1. The Morgan fingerprint density at radius 2 is 2.04 bits per heavy atom. The van der Waals surface area contributed by atoms with Crippen molar-refractivity contribution in [1.82, 2.24) is 19.5 Å². The van der Waals surface area contributed by atoms with Crippen molar-refractivity contribution in [2.45, 2.75) is 37.1 Å². The molecular weight excluding hydrogens is 355 g/mol. The molecule has 2 aromatic heterocycles. The predicted molar refractivity (Wildman–Crippen MR) is 93.3 cm³/mol.